The Labute approximate surface area is 145 Å². The molecule has 1 aliphatic heterocycles. The van der Waals surface area contributed by atoms with Gasteiger partial charge in [-0.1, -0.05) is 12.1 Å². The third kappa shape index (κ3) is 4.34. The SMILES string of the molecule is Cc1nc(CSc2ccccc2C(=O)N2CCCNCC2)cs1. The molecular formula is C17H21N3OS2. The van der Waals surface area contributed by atoms with Crippen LogP contribution in [0.2, 0.25) is 0 Å². The van der Waals surface area contributed by atoms with Crippen LogP contribution in [0, 0.1) is 6.92 Å². The summed E-state index contributed by atoms with van der Waals surface area (Å²) in [5, 5.41) is 6.52. The fourth-order valence-corrected chi connectivity index (χ4v) is 4.27. The zero-order valence-electron chi connectivity index (χ0n) is 13.2. The minimum absolute atomic E-state index is 0.145. The molecule has 0 atom stereocenters. The molecule has 1 amide bonds. The number of carbonyl (C=O) groups excluding carboxylic acids is 1. The van der Waals surface area contributed by atoms with E-state index in [1.54, 1.807) is 23.1 Å². The molecule has 0 bridgehead atoms. The molecular weight excluding hydrogens is 326 g/mol. The Morgan fingerprint density at radius 3 is 3.04 bits per heavy atom. The first kappa shape index (κ1) is 16.5. The molecule has 1 saturated heterocycles. The number of carbonyl (C=O) groups is 1. The second-order valence-electron chi connectivity index (χ2n) is 5.54. The summed E-state index contributed by atoms with van der Waals surface area (Å²) < 4.78 is 0. The first-order chi connectivity index (χ1) is 11.2. The van der Waals surface area contributed by atoms with Crippen molar-refractivity contribution in [3.63, 3.8) is 0 Å². The maximum absolute atomic E-state index is 12.9. The van der Waals surface area contributed by atoms with Gasteiger partial charge in [-0.3, -0.25) is 4.79 Å². The van der Waals surface area contributed by atoms with Gasteiger partial charge < -0.3 is 10.2 Å². The maximum atomic E-state index is 12.9. The fraction of sp³-hybridized carbons (Fsp3) is 0.412. The highest BCUT2D eigenvalue weighted by Gasteiger charge is 2.19. The third-order valence-electron chi connectivity index (χ3n) is 3.79. The summed E-state index contributed by atoms with van der Waals surface area (Å²) >= 11 is 3.36. The fourth-order valence-electron chi connectivity index (χ4n) is 2.61. The summed E-state index contributed by atoms with van der Waals surface area (Å²) in [4.78, 5) is 20.4. The topological polar surface area (TPSA) is 45.2 Å². The van der Waals surface area contributed by atoms with Gasteiger partial charge in [0.15, 0.2) is 0 Å². The van der Waals surface area contributed by atoms with Crippen molar-refractivity contribution in [2.24, 2.45) is 0 Å². The Balaban J connectivity index is 1.72. The van der Waals surface area contributed by atoms with E-state index < -0.39 is 0 Å². The normalized spacial score (nSPS) is 15.4. The molecule has 3 rings (SSSR count). The largest absolute Gasteiger partial charge is 0.337 e. The second kappa shape index (κ2) is 7.95. The lowest BCUT2D eigenvalue weighted by atomic mass is 10.2. The minimum atomic E-state index is 0.145. The van der Waals surface area contributed by atoms with Gasteiger partial charge in [0.05, 0.1) is 16.3 Å². The highest BCUT2D eigenvalue weighted by atomic mass is 32.2. The van der Waals surface area contributed by atoms with Gasteiger partial charge in [0.1, 0.15) is 0 Å². The Morgan fingerprint density at radius 2 is 2.22 bits per heavy atom. The van der Waals surface area contributed by atoms with E-state index in [1.807, 2.05) is 36.1 Å². The number of hydrogen-bond acceptors (Lipinski definition) is 5. The number of nitrogens with zero attached hydrogens (tertiary/aromatic N) is 2. The molecule has 0 saturated carbocycles. The predicted octanol–water partition coefficient (Wildman–Crippen LogP) is 3.18. The molecule has 0 spiro atoms. The van der Waals surface area contributed by atoms with Gasteiger partial charge in [0, 0.05) is 35.7 Å². The Bertz CT molecular complexity index is 663. The number of aromatic nitrogens is 1. The van der Waals surface area contributed by atoms with Crippen molar-refractivity contribution in [1.29, 1.82) is 0 Å². The van der Waals surface area contributed by atoms with Crippen molar-refractivity contribution in [1.82, 2.24) is 15.2 Å². The molecule has 1 aliphatic rings. The van der Waals surface area contributed by atoms with Crippen molar-refractivity contribution in [2.45, 2.75) is 24.0 Å². The van der Waals surface area contributed by atoms with E-state index in [4.69, 9.17) is 0 Å². The van der Waals surface area contributed by atoms with Crippen LogP contribution in [0.15, 0.2) is 34.5 Å². The molecule has 1 fully saturated rings. The van der Waals surface area contributed by atoms with Crippen molar-refractivity contribution in [3.8, 4) is 0 Å². The van der Waals surface area contributed by atoms with E-state index in [2.05, 4.69) is 15.7 Å². The number of hydrogen-bond donors (Lipinski definition) is 1. The van der Waals surface area contributed by atoms with Gasteiger partial charge in [-0.2, -0.15) is 0 Å². The maximum Gasteiger partial charge on any atom is 0.255 e. The van der Waals surface area contributed by atoms with Crippen LogP contribution < -0.4 is 5.32 Å². The minimum Gasteiger partial charge on any atom is -0.337 e. The molecule has 1 aromatic heterocycles. The molecule has 122 valence electrons. The van der Waals surface area contributed by atoms with Gasteiger partial charge >= 0.3 is 0 Å². The van der Waals surface area contributed by atoms with E-state index >= 15 is 0 Å². The van der Waals surface area contributed by atoms with E-state index in [1.165, 1.54) is 0 Å². The van der Waals surface area contributed by atoms with Gasteiger partial charge in [-0.05, 0) is 32.0 Å². The lowest BCUT2D eigenvalue weighted by Crippen LogP contribution is -2.34. The molecule has 1 aromatic carbocycles. The van der Waals surface area contributed by atoms with Gasteiger partial charge in [0.25, 0.3) is 5.91 Å². The Kier molecular flexibility index (Phi) is 5.70. The molecule has 2 aromatic rings. The van der Waals surface area contributed by atoms with E-state index in [0.717, 1.165) is 59.5 Å². The van der Waals surface area contributed by atoms with Gasteiger partial charge in [0.2, 0.25) is 0 Å². The lowest BCUT2D eigenvalue weighted by Gasteiger charge is -2.21. The number of nitrogens with one attached hydrogen (secondary N) is 1. The molecule has 0 unspecified atom stereocenters. The van der Waals surface area contributed by atoms with Crippen molar-refractivity contribution >= 4 is 29.0 Å². The van der Waals surface area contributed by atoms with Crippen LogP contribution in [0.3, 0.4) is 0 Å². The Hall–Kier alpha value is -1.37. The summed E-state index contributed by atoms with van der Waals surface area (Å²) in [6.07, 6.45) is 1.01. The van der Waals surface area contributed by atoms with Crippen LogP contribution in [0.4, 0.5) is 0 Å². The lowest BCUT2D eigenvalue weighted by molar-refractivity contribution is 0.0763. The number of thioether (sulfide) groups is 1. The summed E-state index contributed by atoms with van der Waals surface area (Å²) in [6.45, 7) is 5.49. The zero-order valence-corrected chi connectivity index (χ0v) is 14.9. The highest BCUT2D eigenvalue weighted by molar-refractivity contribution is 7.98. The average molecular weight is 348 g/mol. The molecule has 0 aliphatic carbocycles. The number of aryl methyl sites for hydroxylation is 1. The highest BCUT2D eigenvalue weighted by Crippen LogP contribution is 2.27. The number of amides is 1. The second-order valence-corrected chi connectivity index (χ2v) is 7.62. The monoisotopic (exact) mass is 347 g/mol. The standard InChI is InChI=1S/C17H21N3OS2/c1-13-19-14(11-22-13)12-23-16-6-3-2-5-15(16)17(21)20-9-4-7-18-8-10-20/h2-3,5-6,11,18H,4,7-10,12H2,1H3. The molecule has 23 heavy (non-hydrogen) atoms. The molecule has 1 N–H and O–H groups in total. The van der Waals surface area contributed by atoms with E-state index in [-0.39, 0.29) is 5.91 Å². The number of thiazole rings is 1. The molecule has 6 heteroatoms. The van der Waals surface area contributed by atoms with Crippen LogP contribution in [0.5, 0.6) is 0 Å². The number of benzene rings is 1. The van der Waals surface area contributed by atoms with Gasteiger partial charge in [-0.15, -0.1) is 23.1 Å². The van der Waals surface area contributed by atoms with E-state index in [0.29, 0.717) is 0 Å². The molecule has 0 radical (unpaired) electrons. The molecule has 2 heterocycles. The van der Waals surface area contributed by atoms with Crippen LogP contribution in [-0.2, 0) is 5.75 Å². The predicted molar refractivity (Wildman–Crippen MR) is 96.2 cm³/mol. The first-order valence-corrected chi connectivity index (χ1v) is 9.73. The van der Waals surface area contributed by atoms with Gasteiger partial charge in [-0.25, -0.2) is 4.98 Å². The summed E-state index contributed by atoms with van der Waals surface area (Å²) in [5.41, 5.74) is 1.89. The summed E-state index contributed by atoms with van der Waals surface area (Å²) in [7, 11) is 0. The molecule has 4 nitrogen and oxygen atoms in total. The number of rotatable bonds is 4. The van der Waals surface area contributed by atoms with Crippen LogP contribution in [-0.4, -0.2) is 42.0 Å². The first-order valence-electron chi connectivity index (χ1n) is 7.87. The van der Waals surface area contributed by atoms with Crippen LogP contribution in [0.1, 0.15) is 27.5 Å². The van der Waals surface area contributed by atoms with Crippen molar-refractivity contribution in [2.75, 3.05) is 26.2 Å². The smallest absolute Gasteiger partial charge is 0.255 e. The Morgan fingerprint density at radius 1 is 1.35 bits per heavy atom. The van der Waals surface area contributed by atoms with E-state index in [9.17, 15) is 4.79 Å². The average Bonchev–Trinajstić information content (AvgIpc) is 2.82. The van der Waals surface area contributed by atoms with Crippen molar-refractivity contribution in [3.05, 3.63) is 45.9 Å². The quantitative estimate of drug-likeness (QED) is 0.863. The van der Waals surface area contributed by atoms with Crippen molar-refractivity contribution < 1.29 is 4.79 Å². The summed E-state index contributed by atoms with van der Waals surface area (Å²) in [6, 6.07) is 7.91. The van der Waals surface area contributed by atoms with Crippen LogP contribution in [0.25, 0.3) is 0 Å². The third-order valence-corrected chi connectivity index (χ3v) is 5.72. The summed E-state index contributed by atoms with van der Waals surface area (Å²) in [5.74, 6) is 0.946. The zero-order chi connectivity index (χ0) is 16.1. The van der Waals surface area contributed by atoms with Crippen LogP contribution >= 0.6 is 23.1 Å².